The van der Waals surface area contributed by atoms with E-state index in [0.717, 1.165) is 5.56 Å². The maximum absolute atomic E-state index is 12.7. The van der Waals surface area contributed by atoms with Crippen LogP contribution in [0.1, 0.15) is 17.7 Å². The Bertz CT molecular complexity index is 737. The van der Waals surface area contributed by atoms with Crippen LogP contribution in [0, 0.1) is 11.3 Å². The molecule has 1 aliphatic rings. The molecule has 2 aromatic rings. The Balaban J connectivity index is 1.72. The first-order valence-electron chi connectivity index (χ1n) is 7.30. The van der Waals surface area contributed by atoms with Crippen LogP contribution in [0.3, 0.4) is 0 Å². The fourth-order valence-corrected chi connectivity index (χ4v) is 2.80. The number of benzene rings is 1. The molecular formula is C17H15ClN2O3. The van der Waals surface area contributed by atoms with E-state index < -0.39 is 6.10 Å². The van der Waals surface area contributed by atoms with Crippen molar-refractivity contribution >= 4 is 17.5 Å². The lowest BCUT2D eigenvalue weighted by molar-refractivity contribution is -0.138. The first kappa shape index (κ1) is 15.4. The van der Waals surface area contributed by atoms with E-state index in [9.17, 15) is 4.79 Å². The minimum atomic E-state index is -0.586. The summed E-state index contributed by atoms with van der Waals surface area (Å²) < 4.78 is 11.0. The molecule has 1 aromatic heterocycles. The molecule has 0 spiro atoms. The summed E-state index contributed by atoms with van der Waals surface area (Å²) in [6, 6.07) is 11.0. The summed E-state index contributed by atoms with van der Waals surface area (Å²) in [5.74, 6) is 1.21. The molecule has 0 saturated carbocycles. The highest BCUT2D eigenvalue weighted by molar-refractivity contribution is 6.30. The maximum Gasteiger partial charge on any atom is 0.264 e. The normalized spacial score (nSPS) is 15.6. The van der Waals surface area contributed by atoms with E-state index in [-0.39, 0.29) is 12.3 Å². The SMILES string of the molecule is N#CCCN(Cc1ccco1)C(=O)C1Cc2cc(Cl)ccc2O1. The summed E-state index contributed by atoms with van der Waals surface area (Å²) in [7, 11) is 0. The average Bonchev–Trinajstić information content (AvgIpc) is 3.19. The molecule has 0 aliphatic carbocycles. The zero-order valence-corrected chi connectivity index (χ0v) is 13.1. The molecular weight excluding hydrogens is 316 g/mol. The highest BCUT2D eigenvalue weighted by Gasteiger charge is 2.32. The molecule has 1 amide bonds. The van der Waals surface area contributed by atoms with Crippen LogP contribution in [0.2, 0.25) is 5.02 Å². The number of amides is 1. The van der Waals surface area contributed by atoms with Crippen molar-refractivity contribution < 1.29 is 13.9 Å². The fraction of sp³-hybridized carbons (Fsp3) is 0.294. The second kappa shape index (κ2) is 6.76. The van der Waals surface area contributed by atoms with Gasteiger partial charge in [0.1, 0.15) is 11.5 Å². The van der Waals surface area contributed by atoms with Crippen LogP contribution in [0.4, 0.5) is 0 Å². The summed E-state index contributed by atoms with van der Waals surface area (Å²) in [6.45, 7) is 0.664. The van der Waals surface area contributed by atoms with Crippen LogP contribution in [0.25, 0.3) is 0 Å². The number of nitrogens with zero attached hydrogens (tertiary/aromatic N) is 2. The molecule has 0 radical (unpaired) electrons. The van der Waals surface area contributed by atoms with Gasteiger partial charge >= 0.3 is 0 Å². The van der Waals surface area contributed by atoms with Gasteiger partial charge in [-0.3, -0.25) is 4.79 Å². The van der Waals surface area contributed by atoms with E-state index in [0.29, 0.717) is 36.0 Å². The van der Waals surface area contributed by atoms with Crippen molar-refractivity contribution in [2.45, 2.75) is 25.5 Å². The molecule has 1 atom stereocenters. The van der Waals surface area contributed by atoms with Gasteiger partial charge in [0, 0.05) is 18.0 Å². The molecule has 118 valence electrons. The van der Waals surface area contributed by atoms with Gasteiger partial charge in [0.25, 0.3) is 5.91 Å². The van der Waals surface area contributed by atoms with Gasteiger partial charge in [0.2, 0.25) is 0 Å². The van der Waals surface area contributed by atoms with Crippen LogP contribution in [0.5, 0.6) is 5.75 Å². The van der Waals surface area contributed by atoms with Gasteiger partial charge < -0.3 is 14.1 Å². The van der Waals surface area contributed by atoms with Crippen molar-refractivity contribution in [3.05, 3.63) is 52.9 Å². The third-order valence-corrected chi connectivity index (χ3v) is 3.94. The van der Waals surface area contributed by atoms with Gasteiger partial charge in [-0.05, 0) is 35.9 Å². The Kier molecular flexibility index (Phi) is 4.54. The summed E-state index contributed by atoms with van der Waals surface area (Å²) in [6.07, 6.45) is 1.72. The minimum absolute atomic E-state index is 0.149. The topological polar surface area (TPSA) is 66.5 Å². The fourth-order valence-electron chi connectivity index (χ4n) is 2.60. The van der Waals surface area contributed by atoms with Gasteiger partial charge in [0.05, 0.1) is 25.3 Å². The van der Waals surface area contributed by atoms with Gasteiger partial charge in [0.15, 0.2) is 6.10 Å². The highest BCUT2D eigenvalue weighted by atomic mass is 35.5. The molecule has 1 aromatic carbocycles. The number of hydrogen-bond acceptors (Lipinski definition) is 4. The van der Waals surface area contributed by atoms with Crippen molar-refractivity contribution in [3.63, 3.8) is 0 Å². The Hall–Kier alpha value is -2.45. The molecule has 1 unspecified atom stereocenters. The number of halogens is 1. The molecule has 6 heteroatoms. The molecule has 5 nitrogen and oxygen atoms in total. The van der Waals surface area contributed by atoms with E-state index in [1.54, 1.807) is 35.4 Å². The Morgan fingerprint density at radius 3 is 3.04 bits per heavy atom. The first-order valence-corrected chi connectivity index (χ1v) is 7.68. The van der Waals surface area contributed by atoms with E-state index in [4.69, 9.17) is 26.0 Å². The Morgan fingerprint density at radius 2 is 2.30 bits per heavy atom. The van der Waals surface area contributed by atoms with Crippen molar-refractivity contribution in [2.75, 3.05) is 6.54 Å². The molecule has 0 fully saturated rings. The maximum atomic E-state index is 12.7. The number of fused-ring (bicyclic) bond motifs is 1. The van der Waals surface area contributed by atoms with Crippen LogP contribution < -0.4 is 4.74 Å². The highest BCUT2D eigenvalue weighted by Crippen LogP contribution is 2.31. The number of nitriles is 1. The molecule has 3 rings (SSSR count). The smallest absolute Gasteiger partial charge is 0.264 e. The van der Waals surface area contributed by atoms with Crippen molar-refractivity contribution in [2.24, 2.45) is 0 Å². The monoisotopic (exact) mass is 330 g/mol. The second-order valence-corrected chi connectivity index (χ2v) is 5.75. The average molecular weight is 331 g/mol. The number of carbonyl (C=O) groups is 1. The zero-order valence-electron chi connectivity index (χ0n) is 12.4. The first-order chi connectivity index (χ1) is 11.2. The lowest BCUT2D eigenvalue weighted by Crippen LogP contribution is -2.41. The lowest BCUT2D eigenvalue weighted by Gasteiger charge is -2.23. The van der Waals surface area contributed by atoms with E-state index in [1.165, 1.54) is 0 Å². The zero-order chi connectivity index (χ0) is 16.2. The van der Waals surface area contributed by atoms with Crippen LogP contribution in [0.15, 0.2) is 41.0 Å². The molecule has 0 bridgehead atoms. The Morgan fingerprint density at radius 1 is 1.43 bits per heavy atom. The predicted octanol–water partition coefficient (Wildman–Crippen LogP) is 3.18. The third-order valence-electron chi connectivity index (χ3n) is 3.70. The van der Waals surface area contributed by atoms with Gasteiger partial charge in [-0.1, -0.05) is 11.6 Å². The summed E-state index contributed by atoms with van der Waals surface area (Å²) in [5, 5.41) is 9.43. The van der Waals surface area contributed by atoms with Crippen LogP contribution >= 0.6 is 11.6 Å². The molecule has 0 saturated heterocycles. The van der Waals surface area contributed by atoms with Crippen LogP contribution in [-0.4, -0.2) is 23.5 Å². The lowest BCUT2D eigenvalue weighted by atomic mass is 10.1. The largest absolute Gasteiger partial charge is 0.480 e. The summed E-state index contributed by atoms with van der Waals surface area (Å²) >= 11 is 5.98. The Labute approximate surface area is 139 Å². The van der Waals surface area contributed by atoms with E-state index in [2.05, 4.69) is 6.07 Å². The van der Waals surface area contributed by atoms with E-state index >= 15 is 0 Å². The van der Waals surface area contributed by atoms with Crippen LogP contribution in [-0.2, 0) is 17.8 Å². The number of furan rings is 1. The molecule has 1 aliphatic heterocycles. The number of rotatable bonds is 5. The van der Waals surface area contributed by atoms with Crippen molar-refractivity contribution in [1.29, 1.82) is 5.26 Å². The molecule has 0 N–H and O–H groups in total. The quantitative estimate of drug-likeness (QED) is 0.844. The molecule has 23 heavy (non-hydrogen) atoms. The predicted molar refractivity (Wildman–Crippen MR) is 83.9 cm³/mol. The minimum Gasteiger partial charge on any atom is -0.480 e. The number of carbonyl (C=O) groups excluding carboxylic acids is 1. The van der Waals surface area contributed by atoms with Gasteiger partial charge in [-0.2, -0.15) is 5.26 Å². The summed E-state index contributed by atoms with van der Waals surface area (Å²) in [5.41, 5.74) is 0.925. The standard InChI is InChI=1S/C17H15ClN2O3/c18-13-4-5-15-12(9-13)10-16(23-15)17(21)20(7-2-6-19)11-14-3-1-8-22-14/h1,3-5,8-9,16H,2,7,10-11H2. The molecule has 2 heterocycles. The number of ether oxygens (including phenoxy) is 1. The van der Waals surface area contributed by atoms with E-state index in [1.807, 2.05) is 6.07 Å². The van der Waals surface area contributed by atoms with Crippen molar-refractivity contribution in [1.82, 2.24) is 4.90 Å². The third kappa shape index (κ3) is 3.49. The summed E-state index contributed by atoms with van der Waals surface area (Å²) in [4.78, 5) is 14.3. The van der Waals surface area contributed by atoms with Crippen molar-refractivity contribution in [3.8, 4) is 11.8 Å². The second-order valence-electron chi connectivity index (χ2n) is 5.31. The van der Waals surface area contributed by atoms with Gasteiger partial charge in [-0.25, -0.2) is 0 Å². The number of hydrogen-bond donors (Lipinski definition) is 0. The van der Waals surface area contributed by atoms with Gasteiger partial charge in [-0.15, -0.1) is 0 Å².